The van der Waals surface area contributed by atoms with Gasteiger partial charge in [0.15, 0.2) is 11.5 Å². The Balaban J connectivity index is 2.11. The van der Waals surface area contributed by atoms with Crippen molar-refractivity contribution in [3.8, 4) is 17.2 Å². The van der Waals surface area contributed by atoms with Crippen molar-refractivity contribution in [1.29, 1.82) is 0 Å². The van der Waals surface area contributed by atoms with Crippen LogP contribution in [-0.2, 0) is 9.59 Å². The Labute approximate surface area is 193 Å². The van der Waals surface area contributed by atoms with E-state index in [-0.39, 0.29) is 28.7 Å². The summed E-state index contributed by atoms with van der Waals surface area (Å²) in [7, 11) is 5.29. The number of benzene rings is 2. The molecule has 1 unspecified atom stereocenters. The number of ether oxygens (including phenoxy) is 2. The number of rotatable bonds is 8. The highest BCUT2D eigenvalue weighted by Crippen LogP contribution is 2.41. The SMILES string of the molecule is COc1cc(C2/C(=C(\[O-])c3ccc(OC(C)C)cc3)C(=O)C(=O)N2CC[NH+](C)C)ccc1O. The monoisotopic (exact) mass is 454 g/mol. The maximum absolute atomic E-state index is 13.5. The van der Waals surface area contributed by atoms with Gasteiger partial charge in [0.2, 0.25) is 5.78 Å². The quantitative estimate of drug-likeness (QED) is 0.343. The molecule has 0 aliphatic carbocycles. The molecule has 3 rings (SSSR count). The molecule has 0 saturated carbocycles. The van der Waals surface area contributed by atoms with E-state index in [4.69, 9.17) is 9.47 Å². The number of quaternary nitrogens is 1. The third kappa shape index (κ3) is 5.12. The Bertz CT molecular complexity index is 1060. The first kappa shape index (κ1) is 24.1. The largest absolute Gasteiger partial charge is 0.872 e. The number of ketones is 1. The molecule has 0 radical (unpaired) electrons. The van der Waals surface area contributed by atoms with Crippen LogP contribution in [0.1, 0.15) is 31.0 Å². The Kier molecular flexibility index (Phi) is 7.28. The average molecular weight is 455 g/mol. The van der Waals surface area contributed by atoms with E-state index < -0.39 is 23.5 Å². The molecule has 0 spiro atoms. The maximum Gasteiger partial charge on any atom is 0.295 e. The fraction of sp³-hybridized carbons (Fsp3) is 0.360. The van der Waals surface area contributed by atoms with Crippen molar-refractivity contribution in [2.45, 2.75) is 26.0 Å². The smallest absolute Gasteiger partial charge is 0.295 e. The van der Waals surface area contributed by atoms with E-state index in [9.17, 15) is 19.8 Å². The lowest BCUT2D eigenvalue weighted by atomic mass is 9.95. The van der Waals surface area contributed by atoms with Crippen LogP contribution in [0, 0.1) is 0 Å². The summed E-state index contributed by atoms with van der Waals surface area (Å²) in [6.07, 6.45) is -0.0174. The fourth-order valence-corrected chi connectivity index (χ4v) is 3.77. The van der Waals surface area contributed by atoms with Gasteiger partial charge >= 0.3 is 0 Å². The summed E-state index contributed by atoms with van der Waals surface area (Å²) in [6.45, 7) is 4.68. The number of hydrogen-bond acceptors (Lipinski definition) is 6. The molecule has 1 fully saturated rings. The number of aromatic hydroxyl groups is 1. The third-order valence-electron chi connectivity index (χ3n) is 5.39. The van der Waals surface area contributed by atoms with Crippen molar-refractivity contribution >= 4 is 17.4 Å². The number of nitrogens with one attached hydrogen (secondary N) is 1. The predicted octanol–water partition coefficient (Wildman–Crippen LogP) is 0.557. The maximum atomic E-state index is 13.5. The number of Topliss-reactive ketones (excluding diaryl/α,β-unsaturated/α-hetero) is 1. The van der Waals surface area contributed by atoms with Gasteiger partial charge in [-0.15, -0.1) is 0 Å². The molecule has 0 bridgehead atoms. The Morgan fingerprint density at radius 1 is 1.15 bits per heavy atom. The van der Waals surface area contributed by atoms with Crippen LogP contribution < -0.4 is 19.5 Å². The first-order valence-corrected chi connectivity index (χ1v) is 10.8. The highest BCUT2D eigenvalue weighted by atomic mass is 16.5. The summed E-state index contributed by atoms with van der Waals surface area (Å²) in [4.78, 5) is 28.5. The first-order valence-electron chi connectivity index (χ1n) is 10.8. The van der Waals surface area contributed by atoms with E-state index in [0.717, 1.165) is 4.90 Å². The minimum atomic E-state index is -0.877. The number of carbonyl (C=O) groups is 2. The van der Waals surface area contributed by atoms with E-state index >= 15 is 0 Å². The van der Waals surface area contributed by atoms with Crippen LogP contribution in [-0.4, -0.2) is 62.1 Å². The van der Waals surface area contributed by atoms with Gasteiger partial charge in [-0.05, 0) is 49.2 Å². The van der Waals surface area contributed by atoms with Gasteiger partial charge in [-0.2, -0.15) is 0 Å². The number of phenolic OH excluding ortho intramolecular Hbond substituents is 1. The molecule has 1 saturated heterocycles. The second-order valence-electron chi connectivity index (χ2n) is 8.55. The molecule has 8 heteroatoms. The number of likely N-dealkylation sites (N-methyl/N-ethyl adjacent to an activating group) is 1. The van der Waals surface area contributed by atoms with Crippen molar-refractivity contribution < 1.29 is 34.2 Å². The van der Waals surface area contributed by atoms with E-state index in [1.165, 1.54) is 18.1 Å². The molecule has 1 heterocycles. The van der Waals surface area contributed by atoms with Gasteiger partial charge in [-0.3, -0.25) is 9.59 Å². The van der Waals surface area contributed by atoms with Gasteiger partial charge in [-0.1, -0.05) is 24.0 Å². The zero-order valence-electron chi connectivity index (χ0n) is 19.5. The van der Waals surface area contributed by atoms with E-state index in [1.807, 2.05) is 27.9 Å². The molecule has 33 heavy (non-hydrogen) atoms. The average Bonchev–Trinajstić information content (AvgIpc) is 3.02. The molecule has 2 aromatic rings. The summed E-state index contributed by atoms with van der Waals surface area (Å²) >= 11 is 0. The number of likely N-dealkylation sites (tertiary alicyclic amines) is 1. The summed E-state index contributed by atoms with van der Waals surface area (Å²) in [5.74, 6) is -1.31. The standard InChI is InChI=1S/C25H30N2O6/c1-15(2)33-18-9-6-16(7-10-18)23(29)21-22(17-8-11-19(28)20(14-17)32-5)27(13-12-26(3)4)25(31)24(21)30/h6-11,14-15,22,28-29H,12-13H2,1-5H3/b23-21+. The van der Waals surface area contributed by atoms with Crippen molar-refractivity contribution in [2.24, 2.45) is 0 Å². The van der Waals surface area contributed by atoms with Crippen LogP contribution in [0.25, 0.3) is 5.76 Å². The van der Waals surface area contributed by atoms with Gasteiger partial charge < -0.3 is 29.5 Å². The van der Waals surface area contributed by atoms with E-state index in [0.29, 0.717) is 24.4 Å². The molecule has 2 aromatic carbocycles. The zero-order chi connectivity index (χ0) is 24.3. The summed E-state index contributed by atoms with van der Waals surface area (Å²) in [6, 6.07) is 10.2. The van der Waals surface area contributed by atoms with Crippen LogP contribution in [0.4, 0.5) is 0 Å². The van der Waals surface area contributed by atoms with Gasteiger partial charge in [0.1, 0.15) is 5.75 Å². The zero-order valence-corrected chi connectivity index (χ0v) is 19.5. The van der Waals surface area contributed by atoms with Gasteiger partial charge in [0.25, 0.3) is 5.91 Å². The van der Waals surface area contributed by atoms with Crippen LogP contribution in [0.5, 0.6) is 17.2 Å². The highest BCUT2D eigenvalue weighted by molar-refractivity contribution is 6.46. The first-order chi connectivity index (χ1) is 15.6. The molecule has 2 N–H and O–H groups in total. The predicted molar refractivity (Wildman–Crippen MR) is 121 cm³/mol. The van der Waals surface area contributed by atoms with Crippen molar-refractivity contribution in [1.82, 2.24) is 4.90 Å². The highest BCUT2D eigenvalue weighted by Gasteiger charge is 2.44. The van der Waals surface area contributed by atoms with Gasteiger partial charge in [0.05, 0.1) is 46.4 Å². The summed E-state index contributed by atoms with van der Waals surface area (Å²) in [5, 5.41) is 23.5. The minimum absolute atomic E-state index is 0.0174. The molecule has 1 atom stereocenters. The number of phenols is 1. The van der Waals surface area contributed by atoms with Gasteiger partial charge in [0, 0.05) is 5.57 Å². The topological polar surface area (TPSA) is 104 Å². The number of methoxy groups -OCH3 is 1. The molecular formula is C25H30N2O6. The summed E-state index contributed by atoms with van der Waals surface area (Å²) < 4.78 is 10.8. The molecule has 176 valence electrons. The summed E-state index contributed by atoms with van der Waals surface area (Å²) in [5.41, 5.74) is 0.692. The van der Waals surface area contributed by atoms with Crippen molar-refractivity contribution in [2.75, 3.05) is 34.3 Å². The van der Waals surface area contributed by atoms with Crippen LogP contribution in [0.3, 0.4) is 0 Å². The Hall–Kier alpha value is -3.52. The second kappa shape index (κ2) is 9.95. The van der Waals surface area contributed by atoms with Crippen LogP contribution in [0.15, 0.2) is 48.0 Å². The molecule has 1 aliphatic heterocycles. The molecule has 1 aliphatic rings. The van der Waals surface area contributed by atoms with E-state index in [2.05, 4.69) is 0 Å². The lowest BCUT2D eigenvalue weighted by Crippen LogP contribution is -3.06. The van der Waals surface area contributed by atoms with Gasteiger partial charge in [-0.25, -0.2) is 0 Å². The number of nitrogens with zero attached hydrogens (tertiary/aromatic N) is 1. The normalized spacial score (nSPS) is 17.8. The number of hydrogen-bond donors (Lipinski definition) is 2. The lowest BCUT2D eigenvalue weighted by Gasteiger charge is -2.28. The van der Waals surface area contributed by atoms with Crippen molar-refractivity contribution in [3.05, 3.63) is 59.2 Å². The molecular weight excluding hydrogens is 424 g/mol. The third-order valence-corrected chi connectivity index (χ3v) is 5.39. The second-order valence-corrected chi connectivity index (χ2v) is 8.55. The minimum Gasteiger partial charge on any atom is -0.872 e. The fourth-order valence-electron chi connectivity index (χ4n) is 3.77. The van der Waals surface area contributed by atoms with E-state index in [1.54, 1.807) is 36.4 Å². The van der Waals surface area contributed by atoms with Crippen LogP contribution >= 0.6 is 0 Å². The molecule has 1 amide bonds. The molecule has 8 nitrogen and oxygen atoms in total. The molecule has 0 aromatic heterocycles. The number of carbonyl (C=O) groups excluding carboxylic acids is 2. The Morgan fingerprint density at radius 3 is 2.39 bits per heavy atom. The van der Waals surface area contributed by atoms with Crippen LogP contribution in [0.2, 0.25) is 0 Å². The van der Waals surface area contributed by atoms with Crippen molar-refractivity contribution in [3.63, 3.8) is 0 Å². The Morgan fingerprint density at radius 2 is 1.82 bits per heavy atom. The number of amides is 1. The lowest BCUT2D eigenvalue weighted by molar-refractivity contribution is -0.857.